The van der Waals surface area contributed by atoms with Crippen molar-refractivity contribution in [2.75, 3.05) is 12.3 Å². The van der Waals surface area contributed by atoms with Crippen LogP contribution in [-0.4, -0.2) is 23.5 Å². The van der Waals surface area contributed by atoms with Crippen molar-refractivity contribution in [3.63, 3.8) is 0 Å². The first-order valence-corrected chi connectivity index (χ1v) is 6.50. The number of nitrogens with two attached hydrogens (primary N) is 2. The molecule has 0 fully saturated rings. The van der Waals surface area contributed by atoms with Crippen LogP contribution in [0.2, 0.25) is 0 Å². The molecule has 18 heavy (non-hydrogen) atoms. The third kappa shape index (κ3) is 2.32. The van der Waals surface area contributed by atoms with E-state index in [0.29, 0.717) is 36.5 Å². The Morgan fingerprint density at radius 1 is 1.50 bits per heavy atom. The predicted molar refractivity (Wildman–Crippen MR) is 67.7 cm³/mol. The third-order valence-electron chi connectivity index (χ3n) is 2.82. The van der Waals surface area contributed by atoms with Gasteiger partial charge in [0.05, 0.1) is 17.1 Å². The first-order valence-electron chi connectivity index (χ1n) is 5.68. The smallest absolute Gasteiger partial charge is 0.324 e. The Labute approximate surface area is 108 Å². The fourth-order valence-corrected chi connectivity index (χ4v) is 3.09. The molecule has 0 aromatic carbocycles. The van der Waals surface area contributed by atoms with E-state index < -0.39 is 5.91 Å². The lowest BCUT2D eigenvalue weighted by Gasteiger charge is -2.25. The Morgan fingerprint density at radius 2 is 2.22 bits per heavy atom. The molecule has 0 saturated heterocycles. The highest BCUT2D eigenvalue weighted by molar-refractivity contribution is 7.16. The largest absolute Gasteiger partial charge is 0.390 e. The second-order valence-corrected chi connectivity index (χ2v) is 5.17. The van der Waals surface area contributed by atoms with Crippen LogP contribution in [0.25, 0.3) is 0 Å². The first-order chi connectivity index (χ1) is 8.52. The second kappa shape index (κ2) is 4.95. The quantitative estimate of drug-likeness (QED) is 0.839. The van der Waals surface area contributed by atoms with Crippen LogP contribution in [0.15, 0.2) is 0 Å². The first kappa shape index (κ1) is 12.8. The van der Waals surface area contributed by atoms with Crippen molar-refractivity contribution >= 4 is 28.2 Å². The molecule has 0 atom stereocenters. The maximum atomic E-state index is 11.3. The van der Waals surface area contributed by atoms with Gasteiger partial charge in [0.1, 0.15) is 0 Å². The van der Waals surface area contributed by atoms with E-state index >= 15 is 0 Å². The molecule has 0 radical (unpaired) electrons. The summed E-state index contributed by atoms with van der Waals surface area (Å²) < 4.78 is 0. The number of hydroxylamine groups is 2. The van der Waals surface area contributed by atoms with Gasteiger partial charge in [-0.2, -0.15) is 0 Å². The molecule has 0 aliphatic carbocycles. The number of fused-ring (bicyclic) bond motifs is 1. The molecule has 2 rings (SSSR count). The number of thiophene rings is 1. The zero-order valence-electron chi connectivity index (χ0n) is 10.1. The molecular weight excluding hydrogens is 254 g/mol. The van der Waals surface area contributed by atoms with E-state index in [9.17, 15) is 9.59 Å². The predicted octanol–water partition coefficient (Wildman–Crippen LogP) is 0.656. The number of nitrogen functional groups attached to an aromatic ring is 1. The van der Waals surface area contributed by atoms with Crippen molar-refractivity contribution in [2.45, 2.75) is 26.3 Å². The van der Waals surface area contributed by atoms with Gasteiger partial charge in [0.25, 0.3) is 5.91 Å². The van der Waals surface area contributed by atoms with Crippen LogP contribution in [0, 0.1) is 0 Å². The third-order valence-corrected chi connectivity index (χ3v) is 3.86. The lowest BCUT2D eigenvalue weighted by atomic mass is 10.0. The minimum atomic E-state index is -0.496. The Hall–Kier alpha value is -1.60. The second-order valence-electron chi connectivity index (χ2n) is 4.04. The molecule has 2 heterocycles. The highest BCUT2D eigenvalue weighted by atomic mass is 32.1. The number of nitrogens with zero attached hydrogens (tertiary/aromatic N) is 1. The van der Waals surface area contributed by atoms with Gasteiger partial charge < -0.3 is 16.3 Å². The fourth-order valence-electron chi connectivity index (χ4n) is 1.96. The molecule has 0 saturated carbocycles. The number of hydrogen-bond acceptors (Lipinski definition) is 6. The van der Waals surface area contributed by atoms with Crippen molar-refractivity contribution in [2.24, 2.45) is 5.73 Å². The number of amides is 1. The summed E-state index contributed by atoms with van der Waals surface area (Å²) in [5.74, 6) is -0.762. The van der Waals surface area contributed by atoms with E-state index in [2.05, 4.69) is 0 Å². The molecule has 1 amide bonds. The van der Waals surface area contributed by atoms with Crippen molar-refractivity contribution in [3.05, 3.63) is 16.0 Å². The molecule has 0 unspecified atom stereocenters. The molecule has 0 spiro atoms. The normalized spacial score (nSPS) is 15.2. The maximum Gasteiger partial charge on any atom is 0.324 e. The molecular formula is C11H15N3O3S. The molecule has 1 aliphatic rings. The van der Waals surface area contributed by atoms with Crippen LogP contribution in [0.5, 0.6) is 0 Å². The summed E-state index contributed by atoms with van der Waals surface area (Å²) in [4.78, 5) is 28.6. The summed E-state index contributed by atoms with van der Waals surface area (Å²) in [6.07, 6.45) is 0.945. The molecule has 6 nitrogen and oxygen atoms in total. The van der Waals surface area contributed by atoms with Gasteiger partial charge in [0.2, 0.25) is 0 Å². The lowest BCUT2D eigenvalue weighted by molar-refractivity contribution is -0.194. The zero-order chi connectivity index (χ0) is 13.3. The van der Waals surface area contributed by atoms with Gasteiger partial charge in [-0.15, -0.1) is 16.4 Å². The van der Waals surface area contributed by atoms with Crippen molar-refractivity contribution in [3.8, 4) is 0 Å². The van der Waals surface area contributed by atoms with E-state index in [4.69, 9.17) is 16.3 Å². The Bertz CT molecular complexity index is 498. The van der Waals surface area contributed by atoms with Gasteiger partial charge in [-0.3, -0.25) is 9.59 Å². The van der Waals surface area contributed by atoms with Crippen LogP contribution < -0.4 is 11.5 Å². The average Bonchev–Trinajstić information content (AvgIpc) is 2.64. The van der Waals surface area contributed by atoms with Crippen LogP contribution in [0.4, 0.5) is 5.00 Å². The molecule has 98 valence electrons. The number of carbonyl (C=O) groups excluding carboxylic acids is 2. The van der Waals surface area contributed by atoms with Crippen molar-refractivity contribution < 1.29 is 14.4 Å². The van der Waals surface area contributed by atoms with Crippen LogP contribution >= 0.6 is 11.3 Å². The number of carbonyl (C=O) groups is 2. The molecule has 1 aromatic rings. The van der Waals surface area contributed by atoms with Crippen LogP contribution in [-0.2, 0) is 22.6 Å². The van der Waals surface area contributed by atoms with Crippen LogP contribution in [0.1, 0.15) is 34.1 Å². The number of rotatable bonds is 3. The minimum Gasteiger partial charge on any atom is -0.390 e. The molecule has 4 N–H and O–H groups in total. The SMILES string of the molecule is CCC(=O)ON1CCc2c(sc(N)c2C(N)=O)C1. The molecule has 1 aliphatic heterocycles. The summed E-state index contributed by atoms with van der Waals surface area (Å²) in [6.45, 7) is 2.75. The topological polar surface area (TPSA) is 98.7 Å². The monoisotopic (exact) mass is 269 g/mol. The van der Waals surface area contributed by atoms with Gasteiger partial charge in [-0.1, -0.05) is 6.92 Å². The lowest BCUT2D eigenvalue weighted by Crippen LogP contribution is -2.32. The molecule has 7 heteroatoms. The minimum absolute atomic E-state index is 0.266. The zero-order valence-corrected chi connectivity index (χ0v) is 10.9. The highest BCUT2D eigenvalue weighted by Gasteiger charge is 2.27. The molecule has 0 bridgehead atoms. The van der Waals surface area contributed by atoms with Crippen molar-refractivity contribution in [1.82, 2.24) is 5.06 Å². The number of hydrogen-bond donors (Lipinski definition) is 2. The fraction of sp³-hybridized carbons (Fsp3) is 0.455. The summed E-state index contributed by atoms with van der Waals surface area (Å²) >= 11 is 1.33. The maximum absolute atomic E-state index is 11.3. The summed E-state index contributed by atoms with van der Waals surface area (Å²) in [6, 6.07) is 0. The summed E-state index contributed by atoms with van der Waals surface area (Å²) in [5.41, 5.74) is 12.4. The average molecular weight is 269 g/mol. The van der Waals surface area contributed by atoms with E-state index in [-0.39, 0.29) is 5.97 Å². The number of anilines is 1. The van der Waals surface area contributed by atoms with Crippen LogP contribution in [0.3, 0.4) is 0 Å². The number of primary amides is 1. The molecule has 1 aromatic heterocycles. The van der Waals surface area contributed by atoms with E-state index in [1.807, 2.05) is 0 Å². The van der Waals surface area contributed by atoms with Gasteiger partial charge in [-0.05, 0) is 12.0 Å². The van der Waals surface area contributed by atoms with E-state index in [1.165, 1.54) is 11.3 Å². The Kier molecular flexibility index (Phi) is 3.53. The highest BCUT2D eigenvalue weighted by Crippen LogP contribution is 2.34. The standard InChI is InChI=1S/C11H15N3O3S/c1-2-8(15)17-14-4-3-6-7(5-14)18-11(13)9(6)10(12)16/h2-5,13H2,1H3,(H2,12,16). The summed E-state index contributed by atoms with van der Waals surface area (Å²) in [7, 11) is 0. The van der Waals surface area contributed by atoms with Gasteiger partial charge >= 0.3 is 5.97 Å². The summed E-state index contributed by atoms with van der Waals surface area (Å²) in [5, 5.41) is 2.03. The van der Waals surface area contributed by atoms with Gasteiger partial charge in [-0.25, -0.2) is 0 Å². The Morgan fingerprint density at radius 3 is 2.83 bits per heavy atom. The van der Waals surface area contributed by atoms with Crippen molar-refractivity contribution in [1.29, 1.82) is 0 Å². The van der Waals surface area contributed by atoms with Gasteiger partial charge in [0.15, 0.2) is 0 Å². The Balaban J connectivity index is 2.18. The van der Waals surface area contributed by atoms with E-state index in [0.717, 1.165) is 10.4 Å². The van der Waals surface area contributed by atoms with E-state index in [1.54, 1.807) is 12.0 Å². The van der Waals surface area contributed by atoms with Gasteiger partial charge in [0, 0.05) is 17.8 Å².